The van der Waals surface area contributed by atoms with Gasteiger partial charge in [0.25, 0.3) is 0 Å². The summed E-state index contributed by atoms with van der Waals surface area (Å²) < 4.78 is 0. The van der Waals surface area contributed by atoms with Crippen LogP contribution in [0.25, 0.3) is 0 Å². The van der Waals surface area contributed by atoms with Crippen molar-refractivity contribution in [3.8, 4) is 0 Å². The van der Waals surface area contributed by atoms with E-state index >= 15 is 0 Å². The van der Waals surface area contributed by atoms with Crippen molar-refractivity contribution in [2.24, 2.45) is 17.8 Å². The Kier molecular flexibility index (Phi) is 6.83. The van der Waals surface area contributed by atoms with Crippen LogP contribution in [0.1, 0.15) is 65.7 Å². The highest BCUT2D eigenvalue weighted by atomic mass is 15.1. The minimum Gasteiger partial charge on any atom is -0.314 e. The normalized spacial score (nSPS) is 33.3. The van der Waals surface area contributed by atoms with E-state index in [0.29, 0.717) is 0 Å². The number of hydrogen-bond acceptors (Lipinski definition) is 2. The van der Waals surface area contributed by atoms with Gasteiger partial charge in [-0.05, 0) is 69.5 Å². The van der Waals surface area contributed by atoms with Crippen molar-refractivity contribution in [3.05, 3.63) is 0 Å². The lowest BCUT2D eigenvalue weighted by molar-refractivity contribution is 0.170. The standard InChI is InChI=1S/C18H36N2/c1-4-19-18-10-6-5-8-17(18)14-20-12-7-9-16(11-13-20)15(2)3/h15-19H,4-14H2,1-3H3. The Morgan fingerprint density at radius 1 is 1.00 bits per heavy atom. The molecule has 20 heavy (non-hydrogen) atoms. The largest absolute Gasteiger partial charge is 0.314 e. The van der Waals surface area contributed by atoms with Gasteiger partial charge in [-0.15, -0.1) is 0 Å². The van der Waals surface area contributed by atoms with Gasteiger partial charge in [0.15, 0.2) is 0 Å². The number of likely N-dealkylation sites (tertiary alicyclic amines) is 1. The Morgan fingerprint density at radius 3 is 2.55 bits per heavy atom. The minimum atomic E-state index is 0.790. The van der Waals surface area contributed by atoms with Crippen molar-refractivity contribution in [1.82, 2.24) is 10.2 Å². The highest BCUT2D eigenvalue weighted by Crippen LogP contribution is 2.28. The molecule has 3 atom stereocenters. The zero-order valence-electron chi connectivity index (χ0n) is 14.0. The summed E-state index contributed by atoms with van der Waals surface area (Å²) in [5, 5.41) is 3.74. The molecule has 0 amide bonds. The van der Waals surface area contributed by atoms with E-state index in [9.17, 15) is 0 Å². The van der Waals surface area contributed by atoms with E-state index < -0.39 is 0 Å². The number of hydrogen-bond donors (Lipinski definition) is 1. The lowest BCUT2D eigenvalue weighted by atomic mass is 9.84. The molecule has 1 heterocycles. The van der Waals surface area contributed by atoms with Crippen molar-refractivity contribution in [2.45, 2.75) is 71.8 Å². The first-order valence-corrected chi connectivity index (χ1v) is 9.16. The predicted octanol–water partition coefficient (Wildman–Crippen LogP) is 3.91. The summed E-state index contributed by atoms with van der Waals surface area (Å²) in [6.45, 7) is 12.2. The van der Waals surface area contributed by atoms with E-state index in [0.717, 1.165) is 30.3 Å². The molecule has 0 aromatic carbocycles. The number of nitrogens with one attached hydrogen (secondary N) is 1. The highest BCUT2D eigenvalue weighted by molar-refractivity contribution is 4.84. The van der Waals surface area contributed by atoms with Gasteiger partial charge in [-0.3, -0.25) is 0 Å². The van der Waals surface area contributed by atoms with Crippen LogP contribution in [0.3, 0.4) is 0 Å². The molecule has 1 aliphatic heterocycles. The molecule has 1 aliphatic carbocycles. The molecule has 2 heteroatoms. The van der Waals surface area contributed by atoms with Crippen LogP contribution in [0, 0.1) is 17.8 Å². The van der Waals surface area contributed by atoms with Crippen LogP contribution in [-0.4, -0.2) is 37.1 Å². The second kappa shape index (κ2) is 8.38. The minimum absolute atomic E-state index is 0.790. The smallest absolute Gasteiger partial charge is 0.0107 e. The fourth-order valence-electron chi connectivity index (χ4n) is 4.32. The molecular formula is C18H36N2. The summed E-state index contributed by atoms with van der Waals surface area (Å²) in [6, 6.07) is 0.790. The third kappa shape index (κ3) is 4.73. The highest BCUT2D eigenvalue weighted by Gasteiger charge is 2.27. The van der Waals surface area contributed by atoms with Crippen LogP contribution in [0.2, 0.25) is 0 Å². The molecule has 2 fully saturated rings. The zero-order chi connectivity index (χ0) is 14.4. The van der Waals surface area contributed by atoms with Crippen LogP contribution in [-0.2, 0) is 0 Å². The average Bonchev–Trinajstić information content (AvgIpc) is 2.67. The molecule has 0 spiro atoms. The summed E-state index contributed by atoms with van der Waals surface area (Å²) in [6.07, 6.45) is 10.0. The SMILES string of the molecule is CCNC1CCCCC1CN1CCCC(C(C)C)CC1. The van der Waals surface area contributed by atoms with Gasteiger partial charge in [-0.2, -0.15) is 0 Å². The topological polar surface area (TPSA) is 15.3 Å². The van der Waals surface area contributed by atoms with Crippen LogP contribution < -0.4 is 5.32 Å². The van der Waals surface area contributed by atoms with Crippen LogP contribution in [0.5, 0.6) is 0 Å². The maximum Gasteiger partial charge on any atom is 0.0107 e. The van der Waals surface area contributed by atoms with E-state index in [1.807, 2.05) is 0 Å². The van der Waals surface area contributed by atoms with E-state index in [1.165, 1.54) is 64.6 Å². The maximum absolute atomic E-state index is 3.74. The summed E-state index contributed by atoms with van der Waals surface area (Å²) in [4.78, 5) is 2.78. The molecule has 0 aromatic heterocycles. The molecule has 118 valence electrons. The molecule has 2 rings (SSSR count). The first kappa shape index (κ1) is 16.3. The summed E-state index contributed by atoms with van der Waals surface area (Å²) in [5.41, 5.74) is 0. The van der Waals surface area contributed by atoms with Gasteiger partial charge < -0.3 is 10.2 Å². The summed E-state index contributed by atoms with van der Waals surface area (Å²) >= 11 is 0. The van der Waals surface area contributed by atoms with Crippen LogP contribution in [0.4, 0.5) is 0 Å². The van der Waals surface area contributed by atoms with Crippen molar-refractivity contribution in [3.63, 3.8) is 0 Å². The quantitative estimate of drug-likeness (QED) is 0.821. The molecule has 3 unspecified atom stereocenters. The Bertz CT molecular complexity index is 262. The second-order valence-corrected chi connectivity index (χ2v) is 7.44. The Morgan fingerprint density at radius 2 is 1.80 bits per heavy atom. The van der Waals surface area contributed by atoms with Crippen molar-refractivity contribution in [2.75, 3.05) is 26.2 Å². The molecule has 0 radical (unpaired) electrons. The molecule has 1 saturated carbocycles. The van der Waals surface area contributed by atoms with E-state index in [-0.39, 0.29) is 0 Å². The van der Waals surface area contributed by atoms with Gasteiger partial charge in [0.05, 0.1) is 0 Å². The summed E-state index contributed by atoms with van der Waals surface area (Å²) in [5.74, 6) is 2.74. The number of nitrogens with zero attached hydrogens (tertiary/aromatic N) is 1. The maximum atomic E-state index is 3.74. The average molecular weight is 281 g/mol. The van der Waals surface area contributed by atoms with E-state index in [1.54, 1.807) is 0 Å². The first-order chi connectivity index (χ1) is 9.70. The van der Waals surface area contributed by atoms with Crippen molar-refractivity contribution in [1.29, 1.82) is 0 Å². The zero-order valence-corrected chi connectivity index (χ0v) is 14.0. The molecule has 1 saturated heterocycles. The van der Waals surface area contributed by atoms with Gasteiger partial charge in [0.1, 0.15) is 0 Å². The first-order valence-electron chi connectivity index (χ1n) is 9.16. The fraction of sp³-hybridized carbons (Fsp3) is 1.00. The Labute approximate surface area is 126 Å². The van der Waals surface area contributed by atoms with Crippen molar-refractivity contribution >= 4 is 0 Å². The summed E-state index contributed by atoms with van der Waals surface area (Å²) in [7, 11) is 0. The lowest BCUT2D eigenvalue weighted by Gasteiger charge is -2.35. The third-order valence-corrected chi connectivity index (χ3v) is 5.68. The predicted molar refractivity (Wildman–Crippen MR) is 88.0 cm³/mol. The van der Waals surface area contributed by atoms with E-state index in [4.69, 9.17) is 0 Å². The van der Waals surface area contributed by atoms with Gasteiger partial charge in [0.2, 0.25) is 0 Å². The molecular weight excluding hydrogens is 244 g/mol. The van der Waals surface area contributed by atoms with Crippen molar-refractivity contribution < 1.29 is 0 Å². The molecule has 2 nitrogen and oxygen atoms in total. The Hall–Kier alpha value is -0.0800. The third-order valence-electron chi connectivity index (χ3n) is 5.68. The lowest BCUT2D eigenvalue weighted by Crippen LogP contribution is -2.44. The van der Waals surface area contributed by atoms with Gasteiger partial charge in [0, 0.05) is 12.6 Å². The molecule has 0 aromatic rings. The number of rotatable bonds is 5. The van der Waals surface area contributed by atoms with Crippen LogP contribution >= 0.6 is 0 Å². The molecule has 2 aliphatic rings. The molecule has 1 N–H and O–H groups in total. The fourth-order valence-corrected chi connectivity index (χ4v) is 4.32. The monoisotopic (exact) mass is 280 g/mol. The Balaban J connectivity index is 1.82. The van der Waals surface area contributed by atoms with Gasteiger partial charge in [-0.1, -0.05) is 33.6 Å². The van der Waals surface area contributed by atoms with Gasteiger partial charge in [-0.25, -0.2) is 0 Å². The molecule has 0 bridgehead atoms. The van der Waals surface area contributed by atoms with Gasteiger partial charge >= 0.3 is 0 Å². The second-order valence-electron chi connectivity index (χ2n) is 7.44. The van der Waals surface area contributed by atoms with E-state index in [2.05, 4.69) is 31.0 Å². The van der Waals surface area contributed by atoms with Crippen LogP contribution in [0.15, 0.2) is 0 Å².